The van der Waals surface area contributed by atoms with Crippen LogP contribution in [-0.2, 0) is 16.1 Å². The number of rotatable bonds is 3. The lowest BCUT2D eigenvalue weighted by atomic mass is 10.2. The first-order valence-corrected chi connectivity index (χ1v) is 4.83. The van der Waals surface area contributed by atoms with Crippen LogP contribution >= 0.6 is 0 Å². The van der Waals surface area contributed by atoms with Gasteiger partial charge in [0.1, 0.15) is 6.26 Å². The van der Waals surface area contributed by atoms with E-state index >= 15 is 0 Å². The summed E-state index contributed by atoms with van der Waals surface area (Å²) in [5, 5.41) is 9.35. The van der Waals surface area contributed by atoms with Gasteiger partial charge in [-0.25, -0.2) is 0 Å². The number of allylic oxidation sites excluding steroid dienone is 1. The van der Waals surface area contributed by atoms with Gasteiger partial charge in [-0.15, -0.1) is 0 Å². The summed E-state index contributed by atoms with van der Waals surface area (Å²) >= 11 is 0. The SMILES string of the molecule is O=CC1=C(O)OC=CN1Cc1ccccc1. The number of carbonyl (C=O) groups is 1. The van der Waals surface area contributed by atoms with Gasteiger partial charge in [0.25, 0.3) is 0 Å². The smallest absolute Gasteiger partial charge is 0.310 e. The van der Waals surface area contributed by atoms with Crippen LogP contribution in [-0.4, -0.2) is 16.3 Å². The van der Waals surface area contributed by atoms with E-state index in [0.29, 0.717) is 12.8 Å². The van der Waals surface area contributed by atoms with E-state index in [0.717, 1.165) is 5.56 Å². The minimum atomic E-state index is -0.367. The van der Waals surface area contributed by atoms with E-state index in [9.17, 15) is 9.90 Å². The van der Waals surface area contributed by atoms with E-state index in [1.54, 1.807) is 11.1 Å². The molecule has 16 heavy (non-hydrogen) atoms. The van der Waals surface area contributed by atoms with Crippen molar-refractivity contribution in [1.82, 2.24) is 4.90 Å². The largest absolute Gasteiger partial charge is 0.479 e. The van der Waals surface area contributed by atoms with Crippen LogP contribution in [0.15, 0.2) is 54.4 Å². The monoisotopic (exact) mass is 217 g/mol. The van der Waals surface area contributed by atoms with E-state index < -0.39 is 0 Å². The zero-order valence-electron chi connectivity index (χ0n) is 8.54. The fourth-order valence-corrected chi connectivity index (χ4v) is 1.47. The van der Waals surface area contributed by atoms with Crippen LogP contribution < -0.4 is 0 Å². The fraction of sp³-hybridized carbons (Fsp3) is 0.0833. The van der Waals surface area contributed by atoms with E-state index in [1.807, 2.05) is 30.3 Å². The molecule has 1 aromatic carbocycles. The van der Waals surface area contributed by atoms with Gasteiger partial charge >= 0.3 is 5.95 Å². The minimum absolute atomic E-state index is 0.131. The first-order chi connectivity index (χ1) is 7.81. The molecule has 4 nitrogen and oxygen atoms in total. The first kappa shape index (κ1) is 10.3. The molecule has 1 heterocycles. The third-order valence-corrected chi connectivity index (χ3v) is 2.26. The van der Waals surface area contributed by atoms with Crippen LogP contribution in [0.1, 0.15) is 5.56 Å². The van der Waals surface area contributed by atoms with Crippen molar-refractivity contribution in [2.24, 2.45) is 0 Å². The van der Waals surface area contributed by atoms with Crippen LogP contribution in [0.5, 0.6) is 0 Å². The first-order valence-electron chi connectivity index (χ1n) is 4.83. The molecule has 1 aliphatic heterocycles. The Morgan fingerprint density at radius 1 is 1.31 bits per heavy atom. The second kappa shape index (κ2) is 4.53. The summed E-state index contributed by atoms with van der Waals surface area (Å²) in [5.74, 6) is -0.367. The molecule has 2 rings (SSSR count). The van der Waals surface area contributed by atoms with Gasteiger partial charge in [0, 0.05) is 12.7 Å². The second-order valence-corrected chi connectivity index (χ2v) is 3.32. The number of ether oxygens (including phenoxy) is 1. The van der Waals surface area contributed by atoms with Crippen molar-refractivity contribution in [1.29, 1.82) is 0 Å². The number of carbonyl (C=O) groups excluding carboxylic acids is 1. The van der Waals surface area contributed by atoms with Crippen molar-refractivity contribution < 1.29 is 14.6 Å². The molecule has 0 unspecified atom stereocenters. The van der Waals surface area contributed by atoms with E-state index in [1.165, 1.54) is 6.26 Å². The zero-order valence-corrected chi connectivity index (χ0v) is 8.54. The molecule has 1 aromatic rings. The number of hydrogen-bond acceptors (Lipinski definition) is 4. The zero-order chi connectivity index (χ0) is 11.4. The fourth-order valence-electron chi connectivity index (χ4n) is 1.47. The summed E-state index contributed by atoms with van der Waals surface area (Å²) in [6, 6.07) is 9.66. The molecule has 0 atom stereocenters. The van der Waals surface area contributed by atoms with E-state index in [-0.39, 0.29) is 11.6 Å². The Kier molecular flexibility index (Phi) is 2.91. The summed E-state index contributed by atoms with van der Waals surface area (Å²) in [5.41, 5.74) is 1.17. The highest BCUT2D eigenvalue weighted by atomic mass is 16.6. The van der Waals surface area contributed by atoms with Gasteiger partial charge in [-0.3, -0.25) is 4.79 Å². The molecule has 0 aliphatic carbocycles. The highest BCUT2D eigenvalue weighted by Gasteiger charge is 2.17. The predicted octanol–water partition coefficient (Wildman–Crippen LogP) is 1.92. The molecule has 0 bridgehead atoms. The van der Waals surface area contributed by atoms with Crippen molar-refractivity contribution in [3.05, 3.63) is 60.0 Å². The van der Waals surface area contributed by atoms with Gasteiger partial charge in [0.2, 0.25) is 0 Å². The maximum atomic E-state index is 10.8. The molecule has 0 aromatic heterocycles. The molecule has 1 N–H and O–H groups in total. The molecule has 1 aliphatic rings. The topological polar surface area (TPSA) is 49.8 Å². The number of hydrogen-bond donors (Lipinski definition) is 1. The van der Waals surface area contributed by atoms with Crippen LogP contribution in [0.4, 0.5) is 0 Å². The van der Waals surface area contributed by atoms with Gasteiger partial charge in [-0.2, -0.15) is 0 Å². The number of aliphatic hydroxyl groups is 1. The molecule has 0 fully saturated rings. The molecule has 0 saturated heterocycles. The summed E-state index contributed by atoms with van der Waals surface area (Å²) in [6.07, 6.45) is 3.52. The Morgan fingerprint density at radius 2 is 2.06 bits per heavy atom. The van der Waals surface area contributed by atoms with Crippen LogP contribution in [0.25, 0.3) is 0 Å². The predicted molar refractivity (Wildman–Crippen MR) is 57.9 cm³/mol. The molecular weight excluding hydrogens is 206 g/mol. The maximum absolute atomic E-state index is 10.8. The van der Waals surface area contributed by atoms with Crippen molar-refractivity contribution in [3.63, 3.8) is 0 Å². The molecule has 0 saturated carbocycles. The molecular formula is C12H11NO3. The lowest BCUT2D eigenvalue weighted by Gasteiger charge is -2.23. The Balaban J connectivity index is 2.18. The number of aliphatic hydroxyl groups excluding tert-OH is 1. The Bertz CT molecular complexity index is 437. The standard InChI is InChI=1S/C12H11NO3/c14-9-11-12(15)16-7-6-13(11)8-10-4-2-1-3-5-10/h1-7,9,15H,8H2. The van der Waals surface area contributed by atoms with Gasteiger partial charge < -0.3 is 14.7 Å². The average molecular weight is 217 g/mol. The number of aldehydes is 1. The third kappa shape index (κ3) is 2.06. The molecule has 0 radical (unpaired) electrons. The Hall–Kier alpha value is -2.23. The van der Waals surface area contributed by atoms with Crippen molar-refractivity contribution in [2.75, 3.05) is 0 Å². The van der Waals surface area contributed by atoms with Gasteiger partial charge in [0.15, 0.2) is 12.0 Å². The summed E-state index contributed by atoms with van der Waals surface area (Å²) in [7, 11) is 0. The quantitative estimate of drug-likeness (QED) is 0.786. The van der Waals surface area contributed by atoms with Gasteiger partial charge in [0.05, 0.1) is 0 Å². The third-order valence-electron chi connectivity index (χ3n) is 2.26. The summed E-state index contributed by atoms with van der Waals surface area (Å²) < 4.78 is 4.73. The molecule has 0 spiro atoms. The second-order valence-electron chi connectivity index (χ2n) is 3.32. The highest BCUT2D eigenvalue weighted by molar-refractivity contribution is 5.73. The maximum Gasteiger partial charge on any atom is 0.310 e. The number of nitrogens with zero attached hydrogens (tertiary/aromatic N) is 1. The van der Waals surface area contributed by atoms with Crippen LogP contribution in [0, 0.1) is 0 Å². The number of benzene rings is 1. The summed E-state index contributed by atoms with van der Waals surface area (Å²) in [6.45, 7) is 0.513. The van der Waals surface area contributed by atoms with Crippen LogP contribution in [0.2, 0.25) is 0 Å². The molecule has 0 amide bonds. The van der Waals surface area contributed by atoms with Crippen LogP contribution in [0.3, 0.4) is 0 Å². The molecule has 4 heteroatoms. The lowest BCUT2D eigenvalue weighted by Crippen LogP contribution is -2.22. The van der Waals surface area contributed by atoms with E-state index in [2.05, 4.69) is 0 Å². The van der Waals surface area contributed by atoms with E-state index in [4.69, 9.17) is 4.74 Å². The van der Waals surface area contributed by atoms with Crippen molar-refractivity contribution >= 4 is 6.29 Å². The summed E-state index contributed by atoms with van der Waals surface area (Å²) in [4.78, 5) is 12.4. The highest BCUT2D eigenvalue weighted by Crippen LogP contribution is 2.17. The minimum Gasteiger partial charge on any atom is -0.479 e. The van der Waals surface area contributed by atoms with Crippen molar-refractivity contribution in [3.8, 4) is 0 Å². The van der Waals surface area contributed by atoms with Gasteiger partial charge in [-0.05, 0) is 5.56 Å². The lowest BCUT2D eigenvalue weighted by molar-refractivity contribution is -0.106. The molecule has 82 valence electrons. The average Bonchev–Trinajstić information content (AvgIpc) is 2.31. The Labute approximate surface area is 93.1 Å². The Morgan fingerprint density at radius 3 is 2.75 bits per heavy atom. The van der Waals surface area contributed by atoms with Crippen molar-refractivity contribution in [2.45, 2.75) is 6.54 Å². The normalized spacial score (nSPS) is 14.9. The van der Waals surface area contributed by atoms with Gasteiger partial charge in [-0.1, -0.05) is 30.3 Å².